The number of rotatable bonds is 18. The maximum atomic E-state index is 14.0. The molecule has 0 fully saturated rings. The van der Waals surface area contributed by atoms with Gasteiger partial charge in [0.1, 0.15) is 11.9 Å². The molecular formula is C40H46FN4O8P. The first-order valence-corrected chi connectivity index (χ1v) is 19.4. The highest BCUT2D eigenvalue weighted by Gasteiger charge is 2.26. The van der Waals surface area contributed by atoms with E-state index in [4.69, 9.17) is 9.79 Å². The zero-order valence-electron chi connectivity index (χ0n) is 30.2. The van der Waals surface area contributed by atoms with Gasteiger partial charge in [-0.2, -0.15) is 0 Å². The van der Waals surface area contributed by atoms with Gasteiger partial charge in [-0.05, 0) is 85.2 Å². The zero-order chi connectivity index (χ0) is 38.8. The number of aromatic amines is 1. The Balaban J connectivity index is 1.22. The number of unbranched alkanes of at least 4 members (excludes halogenated alkanes) is 1. The lowest BCUT2D eigenvalue weighted by molar-refractivity contribution is -0.129. The van der Waals surface area contributed by atoms with Gasteiger partial charge < -0.3 is 35.8 Å². The van der Waals surface area contributed by atoms with Crippen LogP contribution in [0.15, 0.2) is 72.8 Å². The number of halogens is 1. The number of amides is 3. The molecule has 3 amide bonds. The third-order valence-corrected chi connectivity index (χ3v) is 10.00. The summed E-state index contributed by atoms with van der Waals surface area (Å²) in [5, 5.41) is 18.1. The van der Waals surface area contributed by atoms with E-state index >= 15 is 0 Å². The van der Waals surface area contributed by atoms with Crippen LogP contribution >= 0.6 is 7.82 Å². The maximum absolute atomic E-state index is 14.0. The number of aliphatic hydroxyl groups excluding tert-OH is 1. The van der Waals surface area contributed by atoms with Crippen molar-refractivity contribution >= 4 is 42.9 Å². The van der Waals surface area contributed by atoms with Crippen LogP contribution in [0.2, 0.25) is 0 Å². The molecule has 0 bridgehead atoms. The van der Waals surface area contributed by atoms with E-state index in [1.54, 1.807) is 6.08 Å². The number of phosphoric acid groups is 1. The summed E-state index contributed by atoms with van der Waals surface area (Å²) in [6, 6.07) is 21.0. The van der Waals surface area contributed by atoms with E-state index in [1.807, 2.05) is 68.4 Å². The molecule has 5 rings (SSSR count). The molecule has 4 aromatic rings. The number of hydrogen-bond donors (Lipinski definition) is 7. The maximum Gasteiger partial charge on any atom is 0.469 e. The number of aromatic nitrogens is 1. The molecule has 0 aliphatic carbocycles. The van der Waals surface area contributed by atoms with Crippen LogP contribution in [0.5, 0.6) is 0 Å². The number of hydrogen-bond acceptors (Lipinski definition) is 6. The number of H-pyrrole nitrogens is 1. The molecule has 54 heavy (non-hydrogen) atoms. The Labute approximate surface area is 313 Å². The molecule has 1 aromatic heterocycles. The van der Waals surface area contributed by atoms with Gasteiger partial charge in [0.05, 0.1) is 12.2 Å². The Kier molecular flexibility index (Phi) is 13.7. The molecular weight excluding hydrogens is 714 g/mol. The topological polar surface area (TPSA) is 190 Å². The van der Waals surface area contributed by atoms with Crippen LogP contribution in [0.3, 0.4) is 0 Å². The van der Waals surface area contributed by atoms with E-state index in [2.05, 4.69) is 25.5 Å². The number of anilines is 1. The summed E-state index contributed by atoms with van der Waals surface area (Å²) in [6.07, 6.45) is 3.96. The number of carbonyl (C=O) groups excluding carboxylic acids is 3. The lowest BCUT2D eigenvalue weighted by Crippen LogP contribution is -2.48. The molecule has 7 N–H and O–H groups in total. The van der Waals surface area contributed by atoms with Gasteiger partial charge in [-0.25, -0.2) is 8.96 Å². The van der Waals surface area contributed by atoms with Crippen molar-refractivity contribution in [3.63, 3.8) is 0 Å². The summed E-state index contributed by atoms with van der Waals surface area (Å²) >= 11 is 0. The van der Waals surface area contributed by atoms with Gasteiger partial charge in [0.2, 0.25) is 11.8 Å². The first kappa shape index (κ1) is 40.3. The average Bonchev–Trinajstić information content (AvgIpc) is 3.60. The average molecular weight is 761 g/mol. The van der Waals surface area contributed by atoms with E-state index < -0.39 is 25.6 Å². The molecule has 1 aliphatic heterocycles. The Bertz CT molecular complexity index is 2030. The summed E-state index contributed by atoms with van der Waals surface area (Å²) in [5.41, 5.74) is 7.57. The second kappa shape index (κ2) is 18.4. The first-order valence-electron chi connectivity index (χ1n) is 17.8. The van der Waals surface area contributed by atoms with Crippen molar-refractivity contribution in [3.8, 4) is 11.1 Å². The molecule has 286 valence electrons. The number of nitrogens with one attached hydrogen (secondary N) is 4. The van der Waals surface area contributed by atoms with Crippen LogP contribution in [0.4, 0.5) is 10.1 Å². The van der Waals surface area contributed by atoms with Crippen LogP contribution in [0, 0.1) is 25.6 Å². The summed E-state index contributed by atoms with van der Waals surface area (Å²) in [7, 11) is -4.64. The molecule has 2 atom stereocenters. The van der Waals surface area contributed by atoms with Gasteiger partial charge in [0.15, 0.2) is 0 Å². The number of aryl methyl sites for hydroxylation is 1. The Morgan fingerprint density at radius 1 is 1.00 bits per heavy atom. The molecule has 0 saturated heterocycles. The van der Waals surface area contributed by atoms with E-state index in [-0.39, 0.29) is 43.8 Å². The van der Waals surface area contributed by atoms with Crippen molar-refractivity contribution < 1.29 is 42.8 Å². The Morgan fingerprint density at radius 2 is 1.72 bits per heavy atom. The Morgan fingerprint density at radius 3 is 2.43 bits per heavy atom. The minimum atomic E-state index is -4.64. The van der Waals surface area contributed by atoms with Gasteiger partial charge in [0, 0.05) is 54.5 Å². The van der Waals surface area contributed by atoms with Crippen LogP contribution in [0.1, 0.15) is 59.3 Å². The predicted octanol–water partition coefficient (Wildman–Crippen LogP) is 5.59. The third kappa shape index (κ3) is 11.1. The van der Waals surface area contributed by atoms with Crippen molar-refractivity contribution in [1.82, 2.24) is 15.6 Å². The van der Waals surface area contributed by atoms with E-state index in [9.17, 15) is 28.4 Å². The standard InChI is InChI=1S/C40H46FN4O8P/c1-25-32(26(2)43-36(25)22-34-33-21-31(41)15-17-35(33)45-39(34)48)16-18-38(47)44-37(20-27-11-13-30(14-12-27)29-9-4-3-5-10-29)40(49)42-19-7-6-8-28(23-46)24-53-54(50,51)52/h3-5,9-15,17,21-22,28,37,43,46H,6-8,16,18-20,23-24H2,1-2H3,(H,42,49)(H,44,47)(H,45,48)(H2,50,51,52)/t28?,37-/m1/s1. The normalized spacial score (nSPS) is 14.4. The monoisotopic (exact) mass is 760 g/mol. The van der Waals surface area contributed by atoms with Gasteiger partial charge in [-0.15, -0.1) is 0 Å². The lowest BCUT2D eigenvalue weighted by Gasteiger charge is -2.19. The smallest absolute Gasteiger partial charge is 0.396 e. The highest BCUT2D eigenvalue weighted by atomic mass is 31.2. The largest absolute Gasteiger partial charge is 0.469 e. The number of fused-ring (bicyclic) bond motifs is 1. The SMILES string of the molecule is Cc1[nH]c(C=C2C(=O)Nc3ccc(F)cc32)c(C)c1CCC(=O)N[C@H](Cc1ccc(-c2ccccc2)cc1)C(=O)NCCCCC(CO)COP(=O)(O)O. The van der Waals surface area contributed by atoms with Crippen LogP contribution in [0.25, 0.3) is 22.8 Å². The zero-order valence-corrected chi connectivity index (χ0v) is 31.1. The van der Waals surface area contributed by atoms with Gasteiger partial charge in [0.25, 0.3) is 5.91 Å². The third-order valence-electron chi connectivity index (χ3n) is 9.51. The molecule has 12 nitrogen and oxygen atoms in total. The molecule has 1 unspecified atom stereocenters. The molecule has 1 aliphatic rings. The molecule has 2 heterocycles. The number of aliphatic hydroxyl groups is 1. The summed E-state index contributed by atoms with van der Waals surface area (Å²) in [4.78, 5) is 60.7. The van der Waals surface area contributed by atoms with Gasteiger partial charge in [-0.3, -0.25) is 18.9 Å². The van der Waals surface area contributed by atoms with Crippen LogP contribution in [-0.2, 0) is 36.3 Å². The molecule has 3 aromatic carbocycles. The predicted molar refractivity (Wildman–Crippen MR) is 204 cm³/mol. The highest BCUT2D eigenvalue weighted by Crippen LogP contribution is 2.37. The van der Waals surface area contributed by atoms with E-state index in [0.717, 1.165) is 33.5 Å². The number of carbonyl (C=O) groups is 3. The van der Waals surface area contributed by atoms with Crippen LogP contribution < -0.4 is 16.0 Å². The lowest BCUT2D eigenvalue weighted by atomic mass is 9.99. The fourth-order valence-corrected chi connectivity index (χ4v) is 6.92. The van der Waals surface area contributed by atoms with Gasteiger partial charge in [-0.1, -0.05) is 61.0 Å². The second-order valence-corrected chi connectivity index (χ2v) is 14.7. The summed E-state index contributed by atoms with van der Waals surface area (Å²) < 4.78 is 29.5. The van der Waals surface area contributed by atoms with E-state index in [0.29, 0.717) is 54.7 Å². The van der Waals surface area contributed by atoms with Gasteiger partial charge >= 0.3 is 7.82 Å². The molecule has 0 saturated carbocycles. The summed E-state index contributed by atoms with van der Waals surface area (Å²) in [6.45, 7) is 3.50. The van der Waals surface area contributed by atoms with E-state index in [1.165, 1.54) is 18.2 Å². The fraction of sp³-hybridized carbons (Fsp3) is 0.325. The summed E-state index contributed by atoms with van der Waals surface area (Å²) in [5.74, 6) is -1.90. The molecule has 0 radical (unpaired) electrons. The van der Waals surface area contributed by atoms with Crippen molar-refractivity contribution in [2.24, 2.45) is 5.92 Å². The minimum Gasteiger partial charge on any atom is -0.396 e. The van der Waals surface area contributed by atoms with Crippen molar-refractivity contribution in [2.75, 3.05) is 25.1 Å². The number of benzene rings is 3. The first-order chi connectivity index (χ1) is 25.8. The van der Waals surface area contributed by atoms with Crippen molar-refractivity contribution in [3.05, 3.63) is 112 Å². The van der Waals surface area contributed by atoms with Crippen molar-refractivity contribution in [2.45, 2.75) is 58.4 Å². The quantitative estimate of drug-likeness (QED) is 0.0388. The number of phosphoric ester groups is 1. The molecule has 0 spiro atoms. The Hall–Kier alpha value is -4.91. The minimum absolute atomic E-state index is 0.0973. The molecule has 14 heteroatoms. The fourth-order valence-electron chi connectivity index (χ4n) is 6.52. The second-order valence-electron chi connectivity index (χ2n) is 13.5. The van der Waals surface area contributed by atoms with Crippen molar-refractivity contribution in [1.29, 1.82) is 0 Å². The highest BCUT2D eigenvalue weighted by molar-refractivity contribution is 7.46. The van der Waals surface area contributed by atoms with Crippen LogP contribution in [-0.4, -0.2) is 63.4 Å².